The minimum Gasteiger partial charge on any atom is -0.493 e. The zero-order valence-corrected chi connectivity index (χ0v) is 15.2. The SMILES string of the molecule is CCOC(=O)c1csc(N/N=C\c2cc(OC)c(OC)c(OC)c2)n1. The van der Waals surface area contributed by atoms with Crippen molar-refractivity contribution >= 4 is 28.7 Å². The van der Waals surface area contributed by atoms with Crippen LogP contribution in [-0.4, -0.2) is 45.1 Å². The van der Waals surface area contributed by atoms with Gasteiger partial charge < -0.3 is 18.9 Å². The summed E-state index contributed by atoms with van der Waals surface area (Å²) in [4.78, 5) is 15.7. The van der Waals surface area contributed by atoms with Gasteiger partial charge >= 0.3 is 5.97 Å². The van der Waals surface area contributed by atoms with E-state index in [-0.39, 0.29) is 5.69 Å². The van der Waals surface area contributed by atoms with Gasteiger partial charge in [-0.15, -0.1) is 11.3 Å². The first-order valence-corrected chi connectivity index (χ1v) is 8.22. The summed E-state index contributed by atoms with van der Waals surface area (Å²) in [6.45, 7) is 2.05. The minimum atomic E-state index is -0.458. The second-order valence-electron chi connectivity index (χ2n) is 4.59. The maximum atomic E-state index is 11.6. The molecule has 134 valence electrons. The number of thiazole rings is 1. The van der Waals surface area contributed by atoms with Crippen LogP contribution in [0.2, 0.25) is 0 Å². The van der Waals surface area contributed by atoms with Crippen molar-refractivity contribution in [2.45, 2.75) is 6.92 Å². The van der Waals surface area contributed by atoms with E-state index in [0.717, 1.165) is 5.56 Å². The third-order valence-electron chi connectivity index (χ3n) is 3.05. The number of benzene rings is 1. The Bertz CT molecular complexity index is 735. The zero-order valence-electron chi connectivity index (χ0n) is 14.4. The summed E-state index contributed by atoms with van der Waals surface area (Å²) in [5.41, 5.74) is 3.76. The predicted octanol–water partition coefficient (Wildman–Crippen LogP) is 2.79. The molecule has 9 heteroatoms. The number of anilines is 1. The van der Waals surface area contributed by atoms with Crippen molar-refractivity contribution in [3.63, 3.8) is 0 Å². The standard InChI is InChI=1S/C16H19N3O5S/c1-5-24-15(20)11-9-25-16(18-11)19-17-8-10-6-12(21-2)14(23-4)13(7-10)22-3/h6-9H,5H2,1-4H3,(H,18,19)/b17-8-. The Morgan fingerprint density at radius 1 is 1.24 bits per heavy atom. The molecule has 0 aliphatic heterocycles. The molecule has 2 aromatic rings. The van der Waals surface area contributed by atoms with Crippen molar-refractivity contribution in [1.29, 1.82) is 0 Å². The summed E-state index contributed by atoms with van der Waals surface area (Å²) in [6, 6.07) is 3.52. The largest absolute Gasteiger partial charge is 0.493 e. The van der Waals surface area contributed by atoms with Crippen LogP contribution in [0.1, 0.15) is 23.0 Å². The molecule has 1 N–H and O–H groups in total. The number of methoxy groups -OCH3 is 3. The fourth-order valence-corrected chi connectivity index (χ4v) is 2.59. The average Bonchev–Trinajstić information content (AvgIpc) is 3.10. The summed E-state index contributed by atoms with van der Waals surface area (Å²) >= 11 is 1.25. The number of carbonyl (C=O) groups excluding carboxylic acids is 1. The first-order chi connectivity index (χ1) is 12.1. The van der Waals surface area contributed by atoms with Crippen molar-refractivity contribution in [2.75, 3.05) is 33.4 Å². The fraction of sp³-hybridized carbons (Fsp3) is 0.312. The number of hydrogen-bond acceptors (Lipinski definition) is 9. The smallest absolute Gasteiger partial charge is 0.357 e. The molecule has 25 heavy (non-hydrogen) atoms. The van der Waals surface area contributed by atoms with Gasteiger partial charge in [0.15, 0.2) is 17.2 Å². The Morgan fingerprint density at radius 2 is 1.92 bits per heavy atom. The maximum Gasteiger partial charge on any atom is 0.357 e. The van der Waals surface area contributed by atoms with Crippen LogP contribution in [0.15, 0.2) is 22.6 Å². The van der Waals surface area contributed by atoms with Crippen molar-refractivity contribution < 1.29 is 23.7 Å². The van der Waals surface area contributed by atoms with Gasteiger partial charge in [0.2, 0.25) is 10.9 Å². The molecular weight excluding hydrogens is 346 g/mol. The normalized spacial score (nSPS) is 10.6. The molecule has 0 amide bonds. The number of carbonyl (C=O) groups is 1. The molecule has 0 saturated heterocycles. The van der Waals surface area contributed by atoms with E-state index in [1.165, 1.54) is 11.3 Å². The first-order valence-electron chi connectivity index (χ1n) is 7.34. The molecule has 1 heterocycles. The lowest BCUT2D eigenvalue weighted by molar-refractivity contribution is 0.0520. The molecule has 1 aromatic heterocycles. The summed E-state index contributed by atoms with van der Waals surface area (Å²) < 4.78 is 20.7. The number of ether oxygens (including phenoxy) is 4. The zero-order chi connectivity index (χ0) is 18.2. The monoisotopic (exact) mass is 365 g/mol. The fourth-order valence-electron chi connectivity index (χ4n) is 1.96. The van der Waals surface area contributed by atoms with Crippen molar-refractivity contribution in [1.82, 2.24) is 4.98 Å². The number of esters is 1. The summed E-state index contributed by atoms with van der Waals surface area (Å²) in [6.07, 6.45) is 1.58. The number of nitrogens with one attached hydrogen (secondary N) is 1. The van der Waals surface area contributed by atoms with Crippen LogP contribution < -0.4 is 19.6 Å². The van der Waals surface area contributed by atoms with Gasteiger partial charge in [0, 0.05) is 10.9 Å². The third-order valence-corrected chi connectivity index (χ3v) is 3.80. The predicted molar refractivity (Wildman–Crippen MR) is 95.4 cm³/mol. The lowest BCUT2D eigenvalue weighted by atomic mass is 10.2. The molecule has 0 fully saturated rings. The highest BCUT2D eigenvalue weighted by molar-refractivity contribution is 7.13. The highest BCUT2D eigenvalue weighted by Gasteiger charge is 2.13. The minimum absolute atomic E-state index is 0.248. The Labute approximate surface area is 149 Å². The van der Waals surface area contributed by atoms with Crippen LogP contribution >= 0.6 is 11.3 Å². The van der Waals surface area contributed by atoms with Crippen LogP contribution in [-0.2, 0) is 4.74 Å². The van der Waals surface area contributed by atoms with E-state index >= 15 is 0 Å². The van der Waals surface area contributed by atoms with E-state index in [1.807, 2.05) is 0 Å². The van der Waals surface area contributed by atoms with E-state index in [4.69, 9.17) is 18.9 Å². The topological polar surface area (TPSA) is 91.3 Å². The quantitative estimate of drug-likeness (QED) is 0.437. The van der Waals surface area contributed by atoms with Crippen LogP contribution in [0, 0.1) is 0 Å². The Balaban J connectivity index is 2.11. The molecule has 0 saturated carbocycles. The molecule has 0 radical (unpaired) electrons. The molecule has 0 atom stereocenters. The summed E-state index contributed by atoms with van der Waals surface area (Å²) in [7, 11) is 4.63. The van der Waals surface area contributed by atoms with E-state index in [9.17, 15) is 4.79 Å². The Kier molecular flexibility index (Phi) is 6.58. The molecule has 0 unspecified atom stereocenters. The van der Waals surface area contributed by atoms with Gasteiger partial charge in [-0.05, 0) is 19.1 Å². The average molecular weight is 365 g/mol. The molecular formula is C16H19N3O5S. The molecule has 0 aliphatic rings. The van der Waals surface area contributed by atoms with Gasteiger partial charge in [0.05, 0.1) is 34.2 Å². The van der Waals surface area contributed by atoms with Gasteiger partial charge in [0.1, 0.15) is 0 Å². The number of hydrogen-bond donors (Lipinski definition) is 1. The lowest BCUT2D eigenvalue weighted by Crippen LogP contribution is -2.04. The molecule has 0 spiro atoms. The molecule has 0 bridgehead atoms. The first kappa shape index (κ1) is 18.5. The number of nitrogens with zero attached hydrogens (tertiary/aromatic N) is 2. The van der Waals surface area contributed by atoms with E-state index < -0.39 is 5.97 Å². The Hall–Kier alpha value is -2.81. The van der Waals surface area contributed by atoms with E-state index in [2.05, 4.69) is 15.5 Å². The van der Waals surface area contributed by atoms with Gasteiger partial charge in [-0.25, -0.2) is 9.78 Å². The van der Waals surface area contributed by atoms with Crippen LogP contribution in [0.5, 0.6) is 17.2 Å². The summed E-state index contributed by atoms with van der Waals surface area (Å²) in [5.74, 6) is 1.11. The van der Waals surface area contributed by atoms with Gasteiger partial charge in [-0.1, -0.05) is 0 Å². The van der Waals surface area contributed by atoms with Gasteiger partial charge in [0.25, 0.3) is 0 Å². The molecule has 8 nitrogen and oxygen atoms in total. The number of aromatic nitrogens is 1. The van der Waals surface area contributed by atoms with Crippen LogP contribution in [0.4, 0.5) is 5.13 Å². The maximum absolute atomic E-state index is 11.6. The van der Waals surface area contributed by atoms with Crippen LogP contribution in [0.25, 0.3) is 0 Å². The second kappa shape index (κ2) is 8.88. The van der Waals surface area contributed by atoms with Gasteiger partial charge in [-0.2, -0.15) is 5.10 Å². The van der Waals surface area contributed by atoms with Crippen molar-refractivity contribution in [3.05, 3.63) is 28.8 Å². The highest BCUT2D eigenvalue weighted by atomic mass is 32.1. The Morgan fingerprint density at radius 3 is 2.48 bits per heavy atom. The lowest BCUT2D eigenvalue weighted by Gasteiger charge is -2.12. The summed E-state index contributed by atoms with van der Waals surface area (Å²) in [5, 5.41) is 6.19. The van der Waals surface area contributed by atoms with Crippen molar-refractivity contribution in [2.24, 2.45) is 5.10 Å². The second-order valence-corrected chi connectivity index (χ2v) is 5.45. The van der Waals surface area contributed by atoms with E-state index in [1.54, 1.807) is 52.0 Å². The van der Waals surface area contributed by atoms with Crippen molar-refractivity contribution in [3.8, 4) is 17.2 Å². The highest BCUT2D eigenvalue weighted by Crippen LogP contribution is 2.37. The third kappa shape index (κ3) is 4.60. The molecule has 0 aliphatic carbocycles. The molecule has 1 aromatic carbocycles. The van der Waals surface area contributed by atoms with Gasteiger partial charge in [-0.3, -0.25) is 5.43 Å². The van der Waals surface area contributed by atoms with Crippen LogP contribution in [0.3, 0.4) is 0 Å². The van der Waals surface area contributed by atoms with E-state index in [0.29, 0.717) is 29.0 Å². The number of rotatable bonds is 8. The molecule has 2 rings (SSSR count). The number of hydrazone groups is 1.